The van der Waals surface area contributed by atoms with Crippen LogP contribution in [-0.2, 0) is 4.74 Å². The van der Waals surface area contributed by atoms with Crippen molar-refractivity contribution in [3.63, 3.8) is 0 Å². The van der Waals surface area contributed by atoms with Gasteiger partial charge in [0.15, 0.2) is 0 Å². The molecular weight excluding hydrogens is 240 g/mol. The topological polar surface area (TPSA) is 65.1 Å². The highest BCUT2D eigenvalue weighted by Gasteiger charge is 2.14. The summed E-state index contributed by atoms with van der Waals surface area (Å²) in [5, 5.41) is 4.52. The van der Waals surface area contributed by atoms with E-state index in [1.54, 1.807) is 0 Å². The van der Waals surface area contributed by atoms with Gasteiger partial charge in [-0.15, -0.1) is 0 Å². The van der Waals surface area contributed by atoms with Crippen LogP contribution in [0.15, 0.2) is 42.6 Å². The summed E-state index contributed by atoms with van der Waals surface area (Å²) in [4.78, 5) is 0. The molecule has 0 aliphatic heterocycles. The quantitative estimate of drug-likeness (QED) is 0.614. The van der Waals surface area contributed by atoms with E-state index in [1.165, 1.54) is 0 Å². The van der Waals surface area contributed by atoms with Crippen LogP contribution in [0.1, 0.15) is 25.6 Å². The van der Waals surface area contributed by atoms with E-state index < -0.39 is 0 Å². The number of nitrogens with zero attached hydrogens (tertiary/aromatic N) is 2. The molecule has 1 atom stereocenters. The number of nitrogens with two attached hydrogens (primary N) is 1. The summed E-state index contributed by atoms with van der Waals surface area (Å²) in [5.74, 6) is 5.56. The second-order valence-corrected chi connectivity index (χ2v) is 4.62. The molecule has 0 aliphatic carbocycles. The van der Waals surface area contributed by atoms with Gasteiger partial charge in [-0.25, -0.2) is 10.1 Å². The molecule has 3 N–H and O–H groups in total. The summed E-state index contributed by atoms with van der Waals surface area (Å²) in [6, 6.07) is 11.8. The second-order valence-electron chi connectivity index (χ2n) is 4.62. The van der Waals surface area contributed by atoms with Crippen LogP contribution in [-0.4, -0.2) is 22.5 Å². The number of para-hydroxylation sites is 1. The van der Waals surface area contributed by atoms with E-state index in [0.717, 1.165) is 11.4 Å². The lowest BCUT2D eigenvalue weighted by Gasteiger charge is -2.15. The fourth-order valence-electron chi connectivity index (χ4n) is 1.76. The predicted octanol–water partition coefficient (Wildman–Crippen LogP) is 1.80. The van der Waals surface area contributed by atoms with Gasteiger partial charge < -0.3 is 4.74 Å². The minimum atomic E-state index is -0.104. The SMILES string of the molecule is CC(C)OCC(NN)c1ccn(-c2ccccc2)n1. The molecule has 0 saturated carbocycles. The van der Waals surface area contributed by atoms with Crippen LogP contribution in [0.3, 0.4) is 0 Å². The number of benzene rings is 1. The van der Waals surface area contributed by atoms with Crippen LogP contribution in [0.5, 0.6) is 0 Å². The lowest BCUT2D eigenvalue weighted by molar-refractivity contribution is 0.0603. The highest BCUT2D eigenvalue weighted by atomic mass is 16.5. The number of rotatable bonds is 6. The summed E-state index contributed by atoms with van der Waals surface area (Å²) in [5.41, 5.74) is 4.63. The minimum absolute atomic E-state index is 0.104. The highest BCUT2D eigenvalue weighted by Crippen LogP contribution is 2.13. The third kappa shape index (κ3) is 3.64. The third-order valence-corrected chi connectivity index (χ3v) is 2.78. The number of hydrogen-bond acceptors (Lipinski definition) is 4. The Balaban J connectivity index is 2.11. The number of nitrogens with one attached hydrogen (secondary N) is 1. The van der Waals surface area contributed by atoms with E-state index in [2.05, 4.69) is 10.5 Å². The van der Waals surface area contributed by atoms with Gasteiger partial charge in [-0.2, -0.15) is 5.10 Å². The van der Waals surface area contributed by atoms with Crippen LogP contribution in [0.4, 0.5) is 0 Å². The Kier molecular flexibility index (Phi) is 4.68. The number of aromatic nitrogens is 2. The first-order valence-electron chi connectivity index (χ1n) is 6.39. The molecule has 1 aromatic heterocycles. The van der Waals surface area contributed by atoms with Gasteiger partial charge in [-0.05, 0) is 32.0 Å². The summed E-state index contributed by atoms with van der Waals surface area (Å²) in [7, 11) is 0. The van der Waals surface area contributed by atoms with Crippen molar-refractivity contribution in [1.82, 2.24) is 15.2 Å². The lowest BCUT2D eigenvalue weighted by atomic mass is 10.2. The average molecular weight is 260 g/mol. The van der Waals surface area contributed by atoms with Gasteiger partial charge in [0.05, 0.1) is 30.1 Å². The Labute approximate surface area is 113 Å². The number of ether oxygens (including phenoxy) is 1. The van der Waals surface area contributed by atoms with Crippen molar-refractivity contribution in [1.29, 1.82) is 0 Å². The van der Waals surface area contributed by atoms with Crippen molar-refractivity contribution in [3.8, 4) is 5.69 Å². The zero-order valence-electron chi connectivity index (χ0n) is 11.3. The van der Waals surface area contributed by atoms with Crippen molar-refractivity contribution in [2.24, 2.45) is 5.84 Å². The number of hydrazine groups is 1. The Morgan fingerprint density at radius 3 is 2.63 bits per heavy atom. The van der Waals surface area contributed by atoms with E-state index >= 15 is 0 Å². The van der Waals surface area contributed by atoms with Crippen molar-refractivity contribution in [2.75, 3.05) is 6.61 Å². The maximum Gasteiger partial charge on any atom is 0.0884 e. The Bertz CT molecular complexity index is 495. The van der Waals surface area contributed by atoms with E-state index in [4.69, 9.17) is 10.6 Å². The summed E-state index contributed by atoms with van der Waals surface area (Å²) in [6.07, 6.45) is 2.09. The summed E-state index contributed by atoms with van der Waals surface area (Å²) < 4.78 is 7.40. The molecule has 0 spiro atoms. The van der Waals surface area contributed by atoms with Crippen LogP contribution in [0.25, 0.3) is 5.69 Å². The molecule has 5 heteroatoms. The largest absolute Gasteiger partial charge is 0.377 e. The molecule has 0 fully saturated rings. The molecule has 0 amide bonds. The van der Waals surface area contributed by atoms with Crippen LogP contribution < -0.4 is 11.3 Å². The van der Waals surface area contributed by atoms with E-state index in [1.807, 2.05) is 61.1 Å². The predicted molar refractivity (Wildman–Crippen MR) is 74.7 cm³/mol. The fraction of sp³-hybridized carbons (Fsp3) is 0.357. The molecule has 19 heavy (non-hydrogen) atoms. The molecule has 0 bridgehead atoms. The van der Waals surface area contributed by atoms with Crippen LogP contribution in [0, 0.1) is 0 Å². The maximum absolute atomic E-state index is 5.57. The molecule has 1 heterocycles. The lowest BCUT2D eigenvalue weighted by Crippen LogP contribution is -2.32. The van der Waals surface area contributed by atoms with Crippen molar-refractivity contribution < 1.29 is 4.74 Å². The minimum Gasteiger partial charge on any atom is -0.377 e. The molecule has 0 aliphatic rings. The Morgan fingerprint density at radius 2 is 2.00 bits per heavy atom. The molecular formula is C14H20N4O. The number of hydrogen-bond donors (Lipinski definition) is 2. The molecule has 0 radical (unpaired) electrons. The van der Waals surface area contributed by atoms with Crippen molar-refractivity contribution >= 4 is 0 Å². The average Bonchev–Trinajstić information content (AvgIpc) is 2.90. The smallest absolute Gasteiger partial charge is 0.0884 e. The molecule has 2 rings (SSSR count). The van der Waals surface area contributed by atoms with Crippen molar-refractivity contribution in [3.05, 3.63) is 48.3 Å². The normalized spacial score (nSPS) is 12.8. The molecule has 1 unspecified atom stereocenters. The Hall–Kier alpha value is -1.69. The summed E-state index contributed by atoms with van der Waals surface area (Å²) >= 11 is 0. The Morgan fingerprint density at radius 1 is 1.26 bits per heavy atom. The molecule has 5 nitrogen and oxygen atoms in total. The zero-order valence-corrected chi connectivity index (χ0v) is 11.3. The first-order valence-corrected chi connectivity index (χ1v) is 6.39. The molecule has 102 valence electrons. The van der Waals surface area contributed by atoms with Crippen LogP contribution >= 0.6 is 0 Å². The third-order valence-electron chi connectivity index (χ3n) is 2.78. The second kappa shape index (κ2) is 6.47. The summed E-state index contributed by atoms with van der Waals surface area (Å²) in [6.45, 7) is 4.49. The standard InChI is InChI=1S/C14H20N4O/c1-11(2)19-10-14(16-15)13-8-9-18(17-13)12-6-4-3-5-7-12/h3-9,11,14,16H,10,15H2,1-2H3. The maximum atomic E-state index is 5.57. The molecule has 1 aromatic carbocycles. The van der Waals surface area contributed by atoms with E-state index in [9.17, 15) is 0 Å². The first-order chi connectivity index (χ1) is 9.20. The van der Waals surface area contributed by atoms with Gasteiger partial charge in [0.2, 0.25) is 0 Å². The van der Waals surface area contributed by atoms with Gasteiger partial charge in [0, 0.05) is 6.20 Å². The van der Waals surface area contributed by atoms with Gasteiger partial charge >= 0.3 is 0 Å². The fourth-order valence-corrected chi connectivity index (χ4v) is 1.76. The van der Waals surface area contributed by atoms with Gasteiger partial charge in [-0.3, -0.25) is 5.84 Å². The van der Waals surface area contributed by atoms with E-state index in [0.29, 0.717) is 6.61 Å². The monoisotopic (exact) mass is 260 g/mol. The van der Waals surface area contributed by atoms with Gasteiger partial charge in [0.1, 0.15) is 0 Å². The van der Waals surface area contributed by atoms with Gasteiger partial charge in [0.25, 0.3) is 0 Å². The zero-order chi connectivity index (χ0) is 13.7. The highest BCUT2D eigenvalue weighted by molar-refractivity contribution is 5.30. The molecule has 0 saturated heterocycles. The van der Waals surface area contributed by atoms with Crippen molar-refractivity contribution in [2.45, 2.75) is 26.0 Å². The first kappa shape index (κ1) is 13.7. The van der Waals surface area contributed by atoms with Crippen LogP contribution in [0.2, 0.25) is 0 Å². The van der Waals surface area contributed by atoms with Gasteiger partial charge in [-0.1, -0.05) is 18.2 Å². The van der Waals surface area contributed by atoms with E-state index in [-0.39, 0.29) is 12.1 Å². The molecule has 2 aromatic rings.